The van der Waals surface area contributed by atoms with Crippen LogP contribution in [0, 0.1) is 23.7 Å². The first-order chi connectivity index (χ1) is 9.06. The highest BCUT2D eigenvalue weighted by Gasteiger charge is 2.51. The molecule has 4 atom stereocenters. The van der Waals surface area contributed by atoms with E-state index in [9.17, 15) is 14.7 Å². The highest BCUT2D eigenvalue weighted by molar-refractivity contribution is 9.11. The van der Waals surface area contributed by atoms with Gasteiger partial charge in [-0.15, -0.1) is 0 Å². The van der Waals surface area contributed by atoms with E-state index >= 15 is 0 Å². The monoisotopic (exact) mass is 342 g/mol. The van der Waals surface area contributed by atoms with Crippen LogP contribution in [0.1, 0.15) is 6.42 Å². The Morgan fingerprint density at radius 2 is 2.05 bits per heavy atom. The number of hydrogen-bond donors (Lipinski definition) is 2. The number of rotatable bonds is 3. The van der Waals surface area contributed by atoms with Crippen LogP contribution in [0.2, 0.25) is 0 Å². The molecule has 0 aliphatic heterocycles. The minimum Gasteiger partial charge on any atom is -0.481 e. The largest absolute Gasteiger partial charge is 0.481 e. The Bertz CT molecular complexity index is 571. The van der Waals surface area contributed by atoms with Crippen molar-refractivity contribution < 1.29 is 14.7 Å². The zero-order chi connectivity index (χ0) is 13.6. The number of thiazole rings is 1. The van der Waals surface area contributed by atoms with Crippen LogP contribution in [-0.4, -0.2) is 22.0 Å². The maximum absolute atomic E-state index is 12.3. The lowest BCUT2D eigenvalue weighted by atomic mass is 9.82. The zero-order valence-electron chi connectivity index (χ0n) is 9.75. The number of nitrogens with one attached hydrogen (secondary N) is 1. The standard InChI is InChI=1S/C12H11BrN2O3S/c13-7-4-14-12(19-7)15-10(16)8-5-1-2-6(3-5)9(8)11(17)18/h1-2,4-6,8-9H,3H2,(H,17,18)(H,14,15,16)/t5?,6?,8-,9+/m0/s1. The first kappa shape index (κ1) is 12.8. The molecule has 100 valence electrons. The molecule has 2 bridgehead atoms. The second kappa shape index (κ2) is 4.72. The third kappa shape index (κ3) is 2.21. The van der Waals surface area contributed by atoms with Crippen molar-refractivity contribution in [3.8, 4) is 0 Å². The summed E-state index contributed by atoms with van der Waals surface area (Å²) in [5, 5.41) is 12.5. The van der Waals surface area contributed by atoms with E-state index in [1.807, 2.05) is 12.2 Å². The molecule has 5 nitrogen and oxygen atoms in total. The molecule has 1 aromatic heterocycles. The number of carboxylic acids is 1. The van der Waals surface area contributed by atoms with Crippen LogP contribution >= 0.6 is 27.3 Å². The zero-order valence-corrected chi connectivity index (χ0v) is 12.1. The number of carbonyl (C=O) groups excluding carboxylic acids is 1. The summed E-state index contributed by atoms with van der Waals surface area (Å²) in [7, 11) is 0. The van der Waals surface area contributed by atoms with Crippen LogP contribution in [0.3, 0.4) is 0 Å². The van der Waals surface area contributed by atoms with Gasteiger partial charge in [0, 0.05) is 0 Å². The Morgan fingerprint density at radius 3 is 2.63 bits per heavy atom. The molecule has 0 aromatic carbocycles. The van der Waals surface area contributed by atoms with Gasteiger partial charge in [0.05, 0.1) is 21.8 Å². The predicted octanol–water partition coefficient (Wildman–Crippen LogP) is 2.37. The van der Waals surface area contributed by atoms with Crippen molar-refractivity contribution in [2.45, 2.75) is 6.42 Å². The fraction of sp³-hybridized carbons (Fsp3) is 0.417. The fourth-order valence-corrected chi connectivity index (χ4v) is 4.13. The quantitative estimate of drug-likeness (QED) is 0.826. The summed E-state index contributed by atoms with van der Waals surface area (Å²) >= 11 is 4.59. The third-order valence-electron chi connectivity index (χ3n) is 3.75. The molecular weight excluding hydrogens is 332 g/mol. The number of aliphatic carboxylic acids is 1. The Labute approximate surface area is 121 Å². The number of hydrogen-bond acceptors (Lipinski definition) is 4. The van der Waals surface area contributed by atoms with Gasteiger partial charge in [-0.3, -0.25) is 9.59 Å². The summed E-state index contributed by atoms with van der Waals surface area (Å²) in [4.78, 5) is 27.6. The summed E-state index contributed by atoms with van der Waals surface area (Å²) in [6, 6.07) is 0. The Kier molecular flexibility index (Phi) is 3.18. The van der Waals surface area contributed by atoms with Gasteiger partial charge in [0.25, 0.3) is 0 Å². The SMILES string of the molecule is O=C(O)[C@@H]1C2C=CC(C2)[C@@H]1C(=O)Nc1ncc(Br)s1. The fourth-order valence-electron chi connectivity index (χ4n) is 3.02. The molecule has 1 amide bonds. The summed E-state index contributed by atoms with van der Waals surface area (Å²) in [5.74, 6) is -2.22. The molecule has 1 saturated carbocycles. The highest BCUT2D eigenvalue weighted by atomic mass is 79.9. The Hall–Kier alpha value is -1.21. The van der Waals surface area contributed by atoms with Gasteiger partial charge in [-0.05, 0) is 34.2 Å². The van der Waals surface area contributed by atoms with Crippen molar-refractivity contribution in [3.05, 3.63) is 22.1 Å². The van der Waals surface area contributed by atoms with Crippen LogP contribution in [0.15, 0.2) is 22.1 Å². The number of aromatic nitrogens is 1. The van der Waals surface area contributed by atoms with E-state index in [-0.39, 0.29) is 17.7 Å². The van der Waals surface area contributed by atoms with Crippen molar-refractivity contribution in [3.63, 3.8) is 0 Å². The molecule has 2 aliphatic carbocycles. The van der Waals surface area contributed by atoms with Crippen molar-refractivity contribution >= 4 is 44.3 Å². The van der Waals surface area contributed by atoms with Gasteiger partial charge in [-0.2, -0.15) is 0 Å². The molecule has 1 heterocycles. The molecule has 2 unspecified atom stereocenters. The molecule has 0 radical (unpaired) electrons. The number of halogens is 1. The average Bonchev–Trinajstić information content (AvgIpc) is 3.03. The summed E-state index contributed by atoms with van der Waals surface area (Å²) in [5.41, 5.74) is 0. The van der Waals surface area contributed by atoms with Crippen molar-refractivity contribution in [1.29, 1.82) is 0 Å². The van der Waals surface area contributed by atoms with Crippen LogP contribution < -0.4 is 5.32 Å². The first-order valence-corrected chi connectivity index (χ1v) is 7.50. The minimum atomic E-state index is -0.891. The van der Waals surface area contributed by atoms with Crippen molar-refractivity contribution in [1.82, 2.24) is 4.98 Å². The normalized spacial score (nSPS) is 31.6. The van der Waals surface area contributed by atoms with E-state index in [0.29, 0.717) is 5.13 Å². The predicted molar refractivity (Wildman–Crippen MR) is 73.8 cm³/mol. The second-order valence-corrected chi connectivity index (χ2v) is 7.21. The Balaban J connectivity index is 1.79. The van der Waals surface area contributed by atoms with E-state index in [4.69, 9.17) is 0 Å². The topological polar surface area (TPSA) is 79.3 Å². The van der Waals surface area contributed by atoms with Gasteiger partial charge in [-0.25, -0.2) is 4.98 Å². The number of allylic oxidation sites excluding steroid dienone is 2. The smallest absolute Gasteiger partial charge is 0.307 e. The van der Waals surface area contributed by atoms with E-state index in [0.717, 1.165) is 10.2 Å². The molecule has 1 aromatic rings. The van der Waals surface area contributed by atoms with Gasteiger partial charge < -0.3 is 10.4 Å². The molecule has 19 heavy (non-hydrogen) atoms. The summed E-state index contributed by atoms with van der Waals surface area (Å²) in [6.45, 7) is 0. The number of anilines is 1. The van der Waals surface area contributed by atoms with Crippen LogP contribution in [0.25, 0.3) is 0 Å². The first-order valence-electron chi connectivity index (χ1n) is 5.89. The van der Waals surface area contributed by atoms with Crippen LogP contribution in [0.4, 0.5) is 5.13 Å². The highest BCUT2D eigenvalue weighted by Crippen LogP contribution is 2.48. The molecule has 2 aliphatic rings. The lowest BCUT2D eigenvalue weighted by Gasteiger charge is -2.23. The number of carboxylic acid groups (broad SMARTS) is 1. The maximum atomic E-state index is 12.3. The number of fused-ring (bicyclic) bond motifs is 2. The van der Waals surface area contributed by atoms with E-state index in [1.165, 1.54) is 11.3 Å². The molecule has 0 saturated heterocycles. The van der Waals surface area contributed by atoms with E-state index in [2.05, 4.69) is 26.2 Å². The van der Waals surface area contributed by atoms with Gasteiger partial charge in [0.15, 0.2) is 5.13 Å². The third-order valence-corrected chi connectivity index (χ3v) is 5.15. The van der Waals surface area contributed by atoms with Gasteiger partial charge in [0.2, 0.25) is 5.91 Å². The summed E-state index contributed by atoms with van der Waals surface area (Å²) < 4.78 is 0.824. The molecule has 3 rings (SSSR count). The lowest BCUT2D eigenvalue weighted by molar-refractivity contribution is -0.146. The Morgan fingerprint density at radius 1 is 1.37 bits per heavy atom. The van der Waals surface area contributed by atoms with Crippen molar-refractivity contribution in [2.24, 2.45) is 23.7 Å². The number of nitrogens with zero attached hydrogens (tertiary/aromatic N) is 1. The summed E-state index contributed by atoms with van der Waals surface area (Å²) in [6.07, 6.45) is 6.26. The molecule has 7 heteroatoms. The molecule has 1 fully saturated rings. The number of carbonyl (C=O) groups is 2. The number of amides is 1. The second-order valence-electron chi connectivity index (χ2n) is 4.80. The van der Waals surface area contributed by atoms with Crippen LogP contribution in [-0.2, 0) is 9.59 Å². The van der Waals surface area contributed by atoms with E-state index in [1.54, 1.807) is 6.20 Å². The molecule has 2 N–H and O–H groups in total. The van der Waals surface area contributed by atoms with Gasteiger partial charge >= 0.3 is 5.97 Å². The minimum absolute atomic E-state index is 0.0127. The van der Waals surface area contributed by atoms with Gasteiger partial charge in [-0.1, -0.05) is 23.5 Å². The van der Waals surface area contributed by atoms with Gasteiger partial charge in [0.1, 0.15) is 0 Å². The van der Waals surface area contributed by atoms with Crippen molar-refractivity contribution in [2.75, 3.05) is 5.32 Å². The van der Waals surface area contributed by atoms with Crippen LogP contribution in [0.5, 0.6) is 0 Å². The lowest BCUT2D eigenvalue weighted by Crippen LogP contribution is -2.36. The molecular formula is C12H11BrN2O3S. The average molecular weight is 343 g/mol. The van der Waals surface area contributed by atoms with E-state index < -0.39 is 17.8 Å². The molecule has 0 spiro atoms. The maximum Gasteiger partial charge on any atom is 0.307 e.